The van der Waals surface area contributed by atoms with Gasteiger partial charge >= 0.3 is 6.03 Å². The smallest absolute Gasteiger partial charge is 0.318 e. The number of nitrogens with zero attached hydrogens (tertiary/aromatic N) is 4. The maximum Gasteiger partial charge on any atom is 0.318 e. The molecule has 2 saturated heterocycles. The molecule has 0 saturated carbocycles. The minimum Gasteiger partial charge on any atom is -0.376 e. The van der Waals surface area contributed by atoms with Crippen LogP contribution in [0.4, 0.5) is 4.79 Å². The van der Waals surface area contributed by atoms with Crippen molar-refractivity contribution in [3.05, 3.63) is 11.6 Å². The number of hydrogen-bond acceptors (Lipinski definition) is 4. The zero-order valence-corrected chi connectivity index (χ0v) is 14.4. The summed E-state index contributed by atoms with van der Waals surface area (Å²) < 4.78 is 7.82. The van der Waals surface area contributed by atoms with Crippen LogP contribution in [0.5, 0.6) is 0 Å². The first-order valence-electron chi connectivity index (χ1n) is 9.35. The van der Waals surface area contributed by atoms with Crippen LogP contribution in [0.25, 0.3) is 0 Å². The highest BCUT2D eigenvalue weighted by molar-refractivity contribution is 5.75. The van der Waals surface area contributed by atoms with Crippen LogP contribution in [-0.2, 0) is 17.7 Å². The number of nitrogens with one attached hydrogen (secondary N) is 1. The second-order valence-electron chi connectivity index (χ2n) is 7.21. The molecular weight excluding hydrogens is 306 g/mol. The Bertz CT molecular complexity index is 602. The van der Waals surface area contributed by atoms with Gasteiger partial charge in [0, 0.05) is 26.1 Å². The second-order valence-corrected chi connectivity index (χ2v) is 7.21. The number of aromatic nitrogens is 3. The zero-order chi connectivity index (χ0) is 16.5. The first-order valence-corrected chi connectivity index (χ1v) is 9.35. The summed E-state index contributed by atoms with van der Waals surface area (Å²) in [6.45, 7) is 4.53. The highest BCUT2D eigenvalue weighted by Crippen LogP contribution is 2.31. The van der Waals surface area contributed by atoms with Crippen molar-refractivity contribution in [3.63, 3.8) is 0 Å². The van der Waals surface area contributed by atoms with Crippen molar-refractivity contribution in [3.8, 4) is 0 Å². The van der Waals surface area contributed by atoms with Gasteiger partial charge in [-0.2, -0.15) is 0 Å². The number of hydrogen-bond donors (Lipinski definition) is 1. The number of aryl methyl sites for hydroxylation is 1. The topological polar surface area (TPSA) is 72.3 Å². The summed E-state index contributed by atoms with van der Waals surface area (Å²) in [6.07, 6.45) is 7.52. The van der Waals surface area contributed by atoms with Gasteiger partial charge in [0.1, 0.15) is 5.82 Å². The average molecular weight is 333 g/mol. The van der Waals surface area contributed by atoms with E-state index < -0.39 is 0 Å². The van der Waals surface area contributed by atoms with E-state index >= 15 is 0 Å². The molecule has 2 fully saturated rings. The third kappa shape index (κ3) is 2.90. The van der Waals surface area contributed by atoms with Gasteiger partial charge in [-0.15, -0.1) is 10.2 Å². The Hall–Kier alpha value is -1.63. The van der Waals surface area contributed by atoms with Gasteiger partial charge in [0.2, 0.25) is 0 Å². The molecule has 3 aliphatic heterocycles. The number of carbonyl (C=O) groups excluding carboxylic acids is 1. The third-order valence-corrected chi connectivity index (χ3v) is 5.63. The van der Waals surface area contributed by atoms with Gasteiger partial charge in [-0.05, 0) is 45.4 Å². The van der Waals surface area contributed by atoms with Gasteiger partial charge in [-0.25, -0.2) is 4.79 Å². The molecule has 0 bridgehead atoms. The first kappa shape index (κ1) is 15.9. The number of carbonyl (C=O) groups is 1. The van der Waals surface area contributed by atoms with E-state index in [1.54, 1.807) is 0 Å². The molecule has 1 aromatic rings. The standard InChI is InChI=1S/C17H27N5O2/c1-12-13(8-11-24-12)18-17(23)21-9-4-2-6-14(21)16-20-19-15-7-3-5-10-22(15)16/h12-14H,2-11H2,1H3,(H,18,23). The lowest BCUT2D eigenvalue weighted by atomic mass is 10.0. The Balaban J connectivity index is 1.52. The Morgan fingerprint density at radius 1 is 1.17 bits per heavy atom. The maximum atomic E-state index is 12.9. The Kier molecular flexibility index (Phi) is 4.43. The van der Waals surface area contributed by atoms with E-state index in [1.165, 1.54) is 12.8 Å². The molecule has 3 unspecified atom stereocenters. The molecule has 0 aromatic carbocycles. The highest BCUT2D eigenvalue weighted by Gasteiger charge is 2.35. The number of ether oxygens (including phenoxy) is 1. The molecule has 4 heterocycles. The molecular formula is C17H27N5O2. The Morgan fingerprint density at radius 3 is 2.88 bits per heavy atom. The van der Waals surface area contributed by atoms with Gasteiger partial charge in [0.25, 0.3) is 0 Å². The van der Waals surface area contributed by atoms with Gasteiger partial charge in [0.05, 0.1) is 18.2 Å². The molecule has 7 heteroatoms. The van der Waals surface area contributed by atoms with Crippen LogP contribution in [-0.4, -0.2) is 51.0 Å². The number of amides is 2. The number of fused-ring (bicyclic) bond motifs is 1. The summed E-state index contributed by atoms with van der Waals surface area (Å²) >= 11 is 0. The van der Waals surface area contributed by atoms with Gasteiger partial charge < -0.3 is 19.5 Å². The van der Waals surface area contributed by atoms with Crippen LogP contribution in [0.1, 0.15) is 63.1 Å². The normalized spacial score (nSPS) is 30.2. The number of rotatable bonds is 2. The molecule has 0 radical (unpaired) electrons. The predicted octanol–water partition coefficient (Wildman–Crippen LogP) is 2.03. The van der Waals surface area contributed by atoms with Crippen molar-refractivity contribution >= 4 is 6.03 Å². The second kappa shape index (κ2) is 6.70. The molecule has 0 aliphatic carbocycles. The van der Waals surface area contributed by atoms with Crippen molar-refractivity contribution in [2.45, 2.75) is 76.6 Å². The van der Waals surface area contributed by atoms with Crippen molar-refractivity contribution in [1.82, 2.24) is 25.0 Å². The van der Waals surface area contributed by atoms with E-state index in [9.17, 15) is 4.79 Å². The Morgan fingerprint density at radius 2 is 2.04 bits per heavy atom. The van der Waals surface area contributed by atoms with Gasteiger partial charge in [-0.1, -0.05) is 0 Å². The summed E-state index contributed by atoms with van der Waals surface area (Å²) in [4.78, 5) is 14.8. The van der Waals surface area contributed by atoms with Crippen molar-refractivity contribution in [1.29, 1.82) is 0 Å². The molecule has 24 heavy (non-hydrogen) atoms. The van der Waals surface area contributed by atoms with E-state index in [1.807, 2.05) is 11.8 Å². The monoisotopic (exact) mass is 333 g/mol. The molecule has 132 valence electrons. The molecule has 2 amide bonds. The number of likely N-dealkylation sites (tertiary alicyclic amines) is 1. The van der Waals surface area contributed by atoms with Crippen LogP contribution in [0.2, 0.25) is 0 Å². The fourth-order valence-electron chi connectivity index (χ4n) is 4.18. The van der Waals surface area contributed by atoms with Gasteiger partial charge in [0.15, 0.2) is 5.82 Å². The van der Waals surface area contributed by atoms with E-state index in [0.29, 0.717) is 0 Å². The van der Waals surface area contributed by atoms with Crippen molar-refractivity contribution in [2.24, 2.45) is 0 Å². The summed E-state index contributed by atoms with van der Waals surface area (Å²) in [5, 5.41) is 12.0. The van der Waals surface area contributed by atoms with E-state index in [2.05, 4.69) is 20.1 Å². The van der Waals surface area contributed by atoms with Crippen LogP contribution in [0, 0.1) is 0 Å². The van der Waals surface area contributed by atoms with Crippen molar-refractivity contribution in [2.75, 3.05) is 13.2 Å². The minimum absolute atomic E-state index is 0.0233. The van der Waals surface area contributed by atoms with E-state index in [-0.39, 0.29) is 24.2 Å². The summed E-state index contributed by atoms with van der Waals surface area (Å²) in [5.41, 5.74) is 0. The maximum absolute atomic E-state index is 12.9. The highest BCUT2D eigenvalue weighted by atomic mass is 16.5. The minimum atomic E-state index is 0.0233. The van der Waals surface area contributed by atoms with Crippen LogP contribution >= 0.6 is 0 Å². The molecule has 3 aliphatic rings. The molecule has 3 atom stereocenters. The third-order valence-electron chi connectivity index (χ3n) is 5.63. The SMILES string of the molecule is CC1OCCC1NC(=O)N1CCCCC1c1nnc2n1CCCC2. The van der Waals surface area contributed by atoms with E-state index in [0.717, 1.165) is 63.4 Å². The first-order chi connectivity index (χ1) is 11.7. The lowest BCUT2D eigenvalue weighted by molar-refractivity contribution is 0.106. The summed E-state index contributed by atoms with van der Waals surface area (Å²) in [6, 6.07) is 0.193. The van der Waals surface area contributed by atoms with Crippen LogP contribution in [0.15, 0.2) is 0 Å². The molecule has 1 N–H and O–H groups in total. The molecule has 0 spiro atoms. The summed E-state index contributed by atoms with van der Waals surface area (Å²) in [7, 11) is 0. The lowest BCUT2D eigenvalue weighted by Crippen LogP contribution is -2.50. The largest absolute Gasteiger partial charge is 0.376 e. The Labute approximate surface area is 142 Å². The quantitative estimate of drug-likeness (QED) is 0.899. The van der Waals surface area contributed by atoms with Gasteiger partial charge in [-0.3, -0.25) is 0 Å². The van der Waals surface area contributed by atoms with Crippen molar-refractivity contribution < 1.29 is 9.53 Å². The fourth-order valence-corrected chi connectivity index (χ4v) is 4.18. The molecule has 7 nitrogen and oxygen atoms in total. The number of piperidine rings is 1. The molecule has 1 aromatic heterocycles. The fraction of sp³-hybridized carbons (Fsp3) is 0.824. The van der Waals surface area contributed by atoms with Crippen LogP contribution < -0.4 is 5.32 Å². The lowest BCUT2D eigenvalue weighted by Gasteiger charge is -2.36. The summed E-state index contributed by atoms with van der Waals surface area (Å²) in [5.74, 6) is 2.07. The molecule has 4 rings (SSSR count). The van der Waals surface area contributed by atoms with E-state index in [4.69, 9.17) is 4.74 Å². The van der Waals surface area contributed by atoms with Crippen LogP contribution in [0.3, 0.4) is 0 Å². The predicted molar refractivity (Wildman–Crippen MR) is 88.6 cm³/mol. The zero-order valence-electron chi connectivity index (χ0n) is 14.4. The average Bonchev–Trinajstić information content (AvgIpc) is 3.21. The number of urea groups is 1.